The summed E-state index contributed by atoms with van der Waals surface area (Å²) in [5.41, 5.74) is 2.25. The van der Waals surface area contributed by atoms with Crippen LogP contribution in [0, 0.1) is 17.2 Å². The van der Waals surface area contributed by atoms with Crippen molar-refractivity contribution in [3.05, 3.63) is 58.7 Å². The summed E-state index contributed by atoms with van der Waals surface area (Å²) in [5.74, 6) is 0.640. The number of piperidine rings is 2. The Morgan fingerprint density at radius 2 is 1.82 bits per heavy atom. The summed E-state index contributed by atoms with van der Waals surface area (Å²) in [4.78, 5) is 17.5. The number of aliphatic hydroxyl groups excluding tert-OH is 1. The molecular formula is C27H38ClN3O2. The van der Waals surface area contributed by atoms with Crippen molar-refractivity contribution in [3.63, 3.8) is 0 Å². The second-order valence-electron chi connectivity index (χ2n) is 9.33. The van der Waals surface area contributed by atoms with Gasteiger partial charge in [-0.15, -0.1) is 0 Å². The molecule has 0 aliphatic carbocycles. The van der Waals surface area contributed by atoms with Crippen LogP contribution in [0.4, 0.5) is 0 Å². The van der Waals surface area contributed by atoms with Gasteiger partial charge in [-0.25, -0.2) is 0 Å². The minimum Gasteiger partial charge on any atom is -0.392 e. The van der Waals surface area contributed by atoms with E-state index in [9.17, 15) is 9.90 Å². The van der Waals surface area contributed by atoms with Gasteiger partial charge in [0.05, 0.1) is 6.10 Å². The molecule has 33 heavy (non-hydrogen) atoms. The van der Waals surface area contributed by atoms with Crippen molar-refractivity contribution in [2.75, 3.05) is 32.7 Å². The molecule has 2 saturated heterocycles. The molecule has 3 rings (SSSR count). The Balaban J connectivity index is 1.42. The molecular weight excluding hydrogens is 434 g/mol. The van der Waals surface area contributed by atoms with Crippen LogP contribution in [0.25, 0.3) is 0 Å². The maximum absolute atomic E-state index is 13.1. The number of amides is 1. The van der Waals surface area contributed by atoms with Gasteiger partial charge in [0.2, 0.25) is 5.91 Å². The first-order valence-corrected chi connectivity index (χ1v) is 12.7. The predicted octanol–water partition coefficient (Wildman–Crippen LogP) is 4.74. The Morgan fingerprint density at radius 3 is 2.42 bits per heavy atom. The van der Waals surface area contributed by atoms with Crippen LogP contribution in [-0.4, -0.2) is 65.9 Å². The highest BCUT2D eigenvalue weighted by molar-refractivity contribution is 6.30. The molecule has 0 bridgehead atoms. The topological polar surface area (TPSA) is 67.6 Å². The molecule has 1 aromatic rings. The fraction of sp³-hybridized carbons (Fsp3) is 0.556. The minimum absolute atomic E-state index is 0.109. The zero-order valence-corrected chi connectivity index (χ0v) is 20.5. The van der Waals surface area contributed by atoms with Gasteiger partial charge in [0.15, 0.2) is 0 Å². The molecule has 2 aliphatic heterocycles. The van der Waals surface area contributed by atoms with E-state index in [1.807, 2.05) is 35.2 Å². The largest absolute Gasteiger partial charge is 0.392 e. The lowest BCUT2D eigenvalue weighted by Gasteiger charge is -2.38. The van der Waals surface area contributed by atoms with E-state index in [0.717, 1.165) is 76.0 Å². The molecule has 1 amide bonds. The van der Waals surface area contributed by atoms with Crippen LogP contribution in [0.2, 0.25) is 5.02 Å². The molecule has 0 saturated carbocycles. The van der Waals surface area contributed by atoms with E-state index in [2.05, 4.69) is 24.0 Å². The van der Waals surface area contributed by atoms with Crippen molar-refractivity contribution in [2.45, 2.75) is 51.6 Å². The van der Waals surface area contributed by atoms with Crippen molar-refractivity contribution in [2.24, 2.45) is 11.8 Å². The van der Waals surface area contributed by atoms with Crippen molar-refractivity contribution in [3.8, 4) is 0 Å². The summed E-state index contributed by atoms with van der Waals surface area (Å²) in [6, 6.07) is 7.67. The van der Waals surface area contributed by atoms with Crippen molar-refractivity contribution >= 4 is 23.7 Å². The van der Waals surface area contributed by atoms with Crippen LogP contribution in [0.1, 0.15) is 44.6 Å². The van der Waals surface area contributed by atoms with Gasteiger partial charge in [0.25, 0.3) is 0 Å². The van der Waals surface area contributed by atoms with Crippen molar-refractivity contribution < 1.29 is 9.90 Å². The molecule has 0 spiro atoms. The first-order chi connectivity index (χ1) is 16.0. The molecule has 2 N–H and O–H groups in total. The molecule has 2 aliphatic rings. The molecule has 180 valence electrons. The first kappa shape index (κ1) is 25.7. The van der Waals surface area contributed by atoms with E-state index in [-0.39, 0.29) is 17.9 Å². The molecule has 1 aromatic carbocycles. The zero-order valence-electron chi connectivity index (χ0n) is 19.8. The molecule has 1 unspecified atom stereocenters. The van der Waals surface area contributed by atoms with Gasteiger partial charge in [-0.1, -0.05) is 42.8 Å². The number of nitrogens with one attached hydrogen (secondary N) is 1. The number of carbonyl (C=O) groups is 1. The van der Waals surface area contributed by atoms with Crippen molar-refractivity contribution in [1.82, 2.24) is 9.80 Å². The van der Waals surface area contributed by atoms with Gasteiger partial charge in [0, 0.05) is 36.8 Å². The maximum atomic E-state index is 13.1. The summed E-state index contributed by atoms with van der Waals surface area (Å²) in [6.07, 6.45) is 12.2. The Morgan fingerprint density at radius 1 is 1.15 bits per heavy atom. The van der Waals surface area contributed by atoms with Crippen molar-refractivity contribution in [1.29, 1.82) is 5.41 Å². The summed E-state index contributed by atoms with van der Waals surface area (Å²) >= 11 is 5.95. The van der Waals surface area contributed by atoms with Crippen LogP contribution in [0.15, 0.2) is 48.1 Å². The van der Waals surface area contributed by atoms with Crippen LogP contribution in [0.3, 0.4) is 0 Å². The normalized spacial score (nSPS) is 20.3. The average Bonchev–Trinajstić information content (AvgIpc) is 2.84. The van der Waals surface area contributed by atoms with Crippen LogP contribution >= 0.6 is 11.6 Å². The summed E-state index contributed by atoms with van der Waals surface area (Å²) in [7, 11) is 0. The standard InChI is InChI=1S/C27H38ClN3O2/c1-2-3-4-22(9-14-29)20-30-15-10-24(11-16-30)27(33)31-17-12-23(13-18-31)26(32)19-21-5-7-25(28)8-6-21/h3-9,14,23-24,26,29,32H,2,10-13,15-20H2,1H3/b4-3+,22-9+,29-14?. The Hall–Kier alpha value is -1.95. The predicted molar refractivity (Wildman–Crippen MR) is 136 cm³/mol. The number of benzene rings is 1. The molecule has 2 heterocycles. The number of nitrogens with zero attached hydrogens (tertiary/aromatic N) is 2. The lowest BCUT2D eigenvalue weighted by molar-refractivity contribution is -0.139. The van der Waals surface area contributed by atoms with E-state index in [4.69, 9.17) is 17.0 Å². The van der Waals surface area contributed by atoms with E-state index < -0.39 is 0 Å². The highest BCUT2D eigenvalue weighted by Crippen LogP contribution is 2.27. The summed E-state index contributed by atoms with van der Waals surface area (Å²) < 4.78 is 0. The fourth-order valence-electron chi connectivity index (χ4n) is 4.92. The smallest absolute Gasteiger partial charge is 0.225 e. The third-order valence-electron chi connectivity index (χ3n) is 6.96. The van der Waals surface area contributed by atoms with Crippen LogP contribution in [0.5, 0.6) is 0 Å². The first-order valence-electron chi connectivity index (χ1n) is 12.3. The zero-order chi connectivity index (χ0) is 23.6. The molecule has 0 aromatic heterocycles. The monoisotopic (exact) mass is 471 g/mol. The van der Waals surface area contributed by atoms with Gasteiger partial charge < -0.3 is 15.4 Å². The second kappa shape index (κ2) is 13.1. The number of likely N-dealkylation sites (tertiary alicyclic amines) is 2. The maximum Gasteiger partial charge on any atom is 0.225 e. The Bertz CT molecular complexity index is 820. The van der Waals surface area contributed by atoms with Crippen LogP contribution in [-0.2, 0) is 11.2 Å². The Labute approximate surface area is 203 Å². The summed E-state index contributed by atoms with van der Waals surface area (Å²) in [5, 5.41) is 18.8. The third kappa shape index (κ3) is 7.80. The highest BCUT2D eigenvalue weighted by atomic mass is 35.5. The SMILES string of the molecule is CC/C=C/C(=C\C=N)CN1CCC(C(=O)N2CCC(C(O)Cc3ccc(Cl)cc3)CC2)CC1. The van der Waals surface area contributed by atoms with Gasteiger partial charge in [-0.2, -0.15) is 0 Å². The molecule has 5 nitrogen and oxygen atoms in total. The summed E-state index contributed by atoms with van der Waals surface area (Å²) in [6.45, 7) is 6.28. The minimum atomic E-state index is -0.378. The van der Waals surface area contributed by atoms with Gasteiger partial charge in [-0.3, -0.25) is 9.69 Å². The lowest BCUT2D eigenvalue weighted by Crippen LogP contribution is -2.47. The number of carbonyl (C=O) groups excluding carboxylic acids is 1. The number of allylic oxidation sites excluding steroid dienone is 2. The number of hydrogen-bond acceptors (Lipinski definition) is 4. The van der Waals surface area contributed by atoms with Crippen LogP contribution < -0.4 is 0 Å². The number of hydrogen-bond donors (Lipinski definition) is 2. The lowest BCUT2D eigenvalue weighted by atomic mass is 9.87. The van der Waals surface area contributed by atoms with Gasteiger partial charge in [0.1, 0.15) is 0 Å². The molecule has 6 heteroatoms. The number of aliphatic hydroxyl groups is 1. The van der Waals surface area contributed by atoms with E-state index in [1.54, 1.807) is 0 Å². The third-order valence-corrected chi connectivity index (χ3v) is 7.21. The molecule has 1 atom stereocenters. The number of halogens is 1. The molecule has 0 radical (unpaired) electrons. The van der Waals surface area contributed by atoms with E-state index >= 15 is 0 Å². The van der Waals surface area contributed by atoms with E-state index in [1.165, 1.54) is 6.21 Å². The quantitative estimate of drug-likeness (QED) is 0.404. The fourth-order valence-corrected chi connectivity index (χ4v) is 5.05. The Kier molecular flexibility index (Phi) is 10.2. The average molecular weight is 472 g/mol. The highest BCUT2D eigenvalue weighted by Gasteiger charge is 2.32. The second-order valence-corrected chi connectivity index (χ2v) is 9.77. The van der Waals surface area contributed by atoms with Gasteiger partial charge in [-0.05, 0) is 86.9 Å². The van der Waals surface area contributed by atoms with Gasteiger partial charge >= 0.3 is 0 Å². The number of rotatable bonds is 9. The molecule has 2 fully saturated rings. The van der Waals surface area contributed by atoms with E-state index in [0.29, 0.717) is 17.4 Å².